The lowest BCUT2D eigenvalue weighted by molar-refractivity contribution is -0.119. The van der Waals surface area contributed by atoms with E-state index in [1.165, 1.54) is 0 Å². The lowest BCUT2D eigenvalue weighted by Gasteiger charge is -2.30. The van der Waals surface area contributed by atoms with Gasteiger partial charge in [0.1, 0.15) is 11.4 Å². The first-order chi connectivity index (χ1) is 21.0. The molecule has 0 saturated heterocycles. The van der Waals surface area contributed by atoms with Crippen LogP contribution in [0, 0.1) is 5.41 Å². The minimum Gasteiger partial charge on any atom is -0.352 e. The molecule has 2 heterocycles. The number of carbonyl (C=O) groups excluding carboxylic acids is 2. The summed E-state index contributed by atoms with van der Waals surface area (Å²) in [5, 5.41) is 15.6. The van der Waals surface area contributed by atoms with Crippen molar-refractivity contribution in [2.45, 2.75) is 72.4 Å². The van der Waals surface area contributed by atoms with Crippen LogP contribution < -0.4 is 15.5 Å². The topological polar surface area (TPSA) is 92.2 Å². The van der Waals surface area contributed by atoms with Crippen LogP contribution in [0.4, 0.5) is 5.69 Å². The number of benzene rings is 3. The molecule has 1 aliphatic heterocycles. The van der Waals surface area contributed by atoms with Crippen LogP contribution in [0.25, 0.3) is 28.2 Å². The molecule has 2 N–H and O–H groups in total. The Morgan fingerprint density at radius 2 is 1.57 bits per heavy atom. The van der Waals surface area contributed by atoms with Crippen LogP contribution in [0.3, 0.4) is 0 Å². The van der Waals surface area contributed by atoms with Crippen LogP contribution in [0.15, 0.2) is 72.8 Å². The number of anilines is 1. The first-order valence-corrected chi connectivity index (χ1v) is 15.5. The molecular weight excluding hydrogens is 548 g/mol. The summed E-state index contributed by atoms with van der Waals surface area (Å²) in [6.07, 6.45) is 3.14. The van der Waals surface area contributed by atoms with Gasteiger partial charge < -0.3 is 15.5 Å². The summed E-state index contributed by atoms with van der Waals surface area (Å²) in [7, 11) is 1.93. The van der Waals surface area contributed by atoms with Gasteiger partial charge >= 0.3 is 0 Å². The molecule has 0 atom stereocenters. The third-order valence-electron chi connectivity index (χ3n) is 9.08. The molecule has 44 heavy (non-hydrogen) atoms. The number of aromatic nitrogens is 3. The number of fused-ring (bicyclic) bond motifs is 5. The van der Waals surface area contributed by atoms with E-state index in [0.29, 0.717) is 30.8 Å². The summed E-state index contributed by atoms with van der Waals surface area (Å²) in [6.45, 7) is 11.9. The monoisotopic (exact) mass is 592 g/mol. The average molecular weight is 593 g/mol. The van der Waals surface area contributed by atoms with Crippen molar-refractivity contribution in [1.29, 1.82) is 0 Å². The largest absolute Gasteiger partial charge is 0.352 e. The second-order valence-corrected chi connectivity index (χ2v) is 13.1. The van der Waals surface area contributed by atoms with E-state index in [4.69, 9.17) is 0 Å². The number of amides is 2. The van der Waals surface area contributed by atoms with E-state index in [1.54, 1.807) is 0 Å². The Bertz CT molecular complexity index is 1640. The van der Waals surface area contributed by atoms with Crippen molar-refractivity contribution in [3.8, 4) is 28.2 Å². The van der Waals surface area contributed by atoms with Gasteiger partial charge in [0.25, 0.3) is 5.91 Å². The van der Waals surface area contributed by atoms with Crippen molar-refractivity contribution in [3.63, 3.8) is 0 Å². The average Bonchev–Trinajstić information content (AvgIpc) is 3.46. The van der Waals surface area contributed by atoms with Crippen LogP contribution in [-0.2, 0) is 11.3 Å². The molecule has 8 heteroatoms. The van der Waals surface area contributed by atoms with E-state index in [2.05, 4.69) is 67.7 Å². The molecule has 0 radical (unpaired) electrons. The number of nitrogens with one attached hydrogen (secondary N) is 2. The fraction of sp³-hybridized carbons (Fsp3) is 0.389. The maximum Gasteiger partial charge on any atom is 0.251 e. The highest BCUT2D eigenvalue weighted by Crippen LogP contribution is 2.42. The van der Waals surface area contributed by atoms with Gasteiger partial charge in [0.05, 0.1) is 17.9 Å². The zero-order valence-electron chi connectivity index (χ0n) is 26.8. The molecule has 0 bridgehead atoms. The molecule has 5 rings (SSSR count). The van der Waals surface area contributed by atoms with Crippen LogP contribution in [0.1, 0.15) is 76.2 Å². The van der Waals surface area contributed by atoms with Crippen molar-refractivity contribution in [3.05, 3.63) is 83.9 Å². The van der Waals surface area contributed by atoms with E-state index in [-0.39, 0.29) is 22.8 Å². The summed E-state index contributed by atoms with van der Waals surface area (Å²) in [6, 6.07) is 23.6. The number of hydrogen-bond acceptors (Lipinski definition) is 5. The third-order valence-corrected chi connectivity index (χ3v) is 9.08. The first-order valence-electron chi connectivity index (χ1n) is 15.5. The molecule has 1 aliphatic rings. The maximum absolute atomic E-state index is 13.8. The molecule has 0 aliphatic carbocycles. The number of para-hydroxylation sites is 1. The molecule has 230 valence electrons. The Labute approximate surface area is 260 Å². The molecule has 2 amide bonds. The third kappa shape index (κ3) is 6.60. The highest BCUT2D eigenvalue weighted by Gasteiger charge is 2.30. The van der Waals surface area contributed by atoms with Gasteiger partial charge in [0, 0.05) is 35.2 Å². The van der Waals surface area contributed by atoms with E-state index < -0.39 is 0 Å². The highest BCUT2D eigenvalue weighted by atomic mass is 16.2. The second kappa shape index (κ2) is 12.7. The van der Waals surface area contributed by atoms with Gasteiger partial charge in [-0.05, 0) is 75.0 Å². The van der Waals surface area contributed by atoms with Gasteiger partial charge in [-0.3, -0.25) is 9.59 Å². The Morgan fingerprint density at radius 1 is 0.886 bits per heavy atom. The van der Waals surface area contributed by atoms with Gasteiger partial charge in [-0.1, -0.05) is 74.9 Å². The fourth-order valence-electron chi connectivity index (χ4n) is 5.39. The Balaban J connectivity index is 1.50. The number of carbonyl (C=O) groups is 2. The van der Waals surface area contributed by atoms with Crippen molar-refractivity contribution in [1.82, 2.24) is 25.6 Å². The summed E-state index contributed by atoms with van der Waals surface area (Å²) in [5.41, 5.74) is 6.72. The maximum atomic E-state index is 13.8. The fourth-order valence-corrected chi connectivity index (χ4v) is 5.39. The van der Waals surface area contributed by atoms with Gasteiger partial charge in [-0.15, -0.1) is 5.10 Å². The van der Waals surface area contributed by atoms with Gasteiger partial charge in [-0.25, -0.2) is 4.68 Å². The number of hydrogen-bond donors (Lipinski definition) is 2. The second-order valence-electron chi connectivity index (χ2n) is 13.1. The van der Waals surface area contributed by atoms with E-state index >= 15 is 0 Å². The van der Waals surface area contributed by atoms with Gasteiger partial charge in [0.2, 0.25) is 5.91 Å². The molecule has 8 nitrogen and oxygen atoms in total. The first kappa shape index (κ1) is 31.1. The van der Waals surface area contributed by atoms with Crippen molar-refractivity contribution >= 4 is 17.5 Å². The lowest BCUT2D eigenvalue weighted by atomic mass is 9.85. The predicted molar refractivity (Wildman–Crippen MR) is 177 cm³/mol. The van der Waals surface area contributed by atoms with Crippen molar-refractivity contribution in [2.24, 2.45) is 5.41 Å². The Hall–Kier alpha value is -4.30. The zero-order chi connectivity index (χ0) is 31.5. The molecule has 4 aromatic rings. The lowest BCUT2D eigenvalue weighted by Crippen LogP contribution is -2.40. The zero-order valence-corrected chi connectivity index (χ0v) is 26.8. The Morgan fingerprint density at radius 3 is 2.27 bits per heavy atom. The van der Waals surface area contributed by atoms with E-state index in [1.807, 2.05) is 77.3 Å². The summed E-state index contributed by atoms with van der Waals surface area (Å²) >= 11 is 0. The van der Waals surface area contributed by atoms with Crippen LogP contribution >= 0.6 is 0 Å². The van der Waals surface area contributed by atoms with Gasteiger partial charge in [0.15, 0.2) is 0 Å². The normalized spacial score (nSPS) is 12.9. The van der Waals surface area contributed by atoms with Crippen molar-refractivity contribution < 1.29 is 9.59 Å². The predicted octanol–water partition coefficient (Wildman–Crippen LogP) is 6.78. The van der Waals surface area contributed by atoms with Crippen LogP contribution in [-0.4, -0.2) is 45.9 Å². The minimum atomic E-state index is -0.108. The molecule has 0 spiro atoms. The molecule has 0 fully saturated rings. The Kier molecular flexibility index (Phi) is 9.02. The SMILES string of the molecule is CCC(C)(C)CCC(=O)N1Cc2ccccc2-c2c(nnn2-c2ccc(C(=O)NCCC(C)(C)NC)cc2)-c2ccccc21. The molecule has 1 aromatic heterocycles. The number of nitrogens with zero attached hydrogens (tertiary/aromatic N) is 4. The molecule has 0 unspecified atom stereocenters. The van der Waals surface area contributed by atoms with Crippen LogP contribution in [0.5, 0.6) is 0 Å². The summed E-state index contributed by atoms with van der Waals surface area (Å²) in [4.78, 5) is 28.6. The van der Waals surface area contributed by atoms with Crippen molar-refractivity contribution in [2.75, 3.05) is 18.5 Å². The summed E-state index contributed by atoms with van der Waals surface area (Å²) in [5.74, 6) is -0.00304. The quantitative estimate of drug-likeness (QED) is 0.212. The van der Waals surface area contributed by atoms with Gasteiger partial charge in [-0.2, -0.15) is 0 Å². The standard InChI is InChI=1S/C36H44N6O2/c1-7-35(2,3)21-20-31(43)41-24-26-12-8-9-13-28(26)33-32(29-14-10-11-15-30(29)41)39-40-42(33)27-18-16-25(17-19-27)34(44)38-23-22-36(4,5)37-6/h8-19,37H,7,20-24H2,1-6H3,(H,38,44). The molecule has 3 aromatic carbocycles. The molecular formula is C36H44N6O2. The van der Waals surface area contributed by atoms with E-state index in [9.17, 15) is 9.59 Å². The minimum absolute atomic E-state index is 0.0495. The van der Waals surface area contributed by atoms with Crippen LogP contribution in [0.2, 0.25) is 0 Å². The highest BCUT2D eigenvalue weighted by molar-refractivity contribution is 6.00. The molecule has 0 saturated carbocycles. The van der Waals surface area contributed by atoms with E-state index in [0.717, 1.165) is 53.0 Å². The number of rotatable bonds is 10. The summed E-state index contributed by atoms with van der Waals surface area (Å²) < 4.78 is 1.84. The smallest absolute Gasteiger partial charge is 0.251 e.